The summed E-state index contributed by atoms with van der Waals surface area (Å²) in [6.45, 7) is 7.46. The molecule has 4 nitrogen and oxygen atoms in total. The summed E-state index contributed by atoms with van der Waals surface area (Å²) in [4.78, 5) is 27.1. The highest BCUT2D eigenvalue weighted by atomic mass is 16.2. The molecule has 1 fully saturated rings. The van der Waals surface area contributed by atoms with Crippen LogP contribution in [0.4, 0.5) is 5.69 Å². The van der Waals surface area contributed by atoms with Crippen LogP contribution in [0.2, 0.25) is 0 Å². The molecule has 1 saturated heterocycles. The standard InChI is InChI=1S/C24H30N2O2/c1-17-15-18(2)23(19(3)16-17)25-24(28)21-11-13-26(14-12-21)22(27)10-9-20-7-5-4-6-8-20/h4-8,15-16,21H,9-14H2,1-3H3,(H,25,28). The molecule has 1 aliphatic rings. The lowest BCUT2D eigenvalue weighted by atomic mass is 9.94. The van der Waals surface area contributed by atoms with E-state index in [9.17, 15) is 9.59 Å². The number of hydrogen-bond acceptors (Lipinski definition) is 2. The zero-order valence-corrected chi connectivity index (χ0v) is 17.1. The zero-order chi connectivity index (χ0) is 20.1. The van der Waals surface area contributed by atoms with Crippen molar-refractivity contribution in [1.29, 1.82) is 0 Å². The van der Waals surface area contributed by atoms with Crippen molar-refractivity contribution in [3.63, 3.8) is 0 Å². The van der Waals surface area contributed by atoms with Gasteiger partial charge in [-0.2, -0.15) is 0 Å². The SMILES string of the molecule is Cc1cc(C)c(NC(=O)C2CCN(C(=O)CCc3ccccc3)CC2)c(C)c1. The number of nitrogens with one attached hydrogen (secondary N) is 1. The van der Waals surface area contributed by atoms with Gasteiger partial charge in [-0.1, -0.05) is 48.0 Å². The quantitative estimate of drug-likeness (QED) is 0.837. The van der Waals surface area contributed by atoms with Crippen molar-refractivity contribution in [2.45, 2.75) is 46.5 Å². The summed E-state index contributed by atoms with van der Waals surface area (Å²) >= 11 is 0. The fraction of sp³-hybridized carbons (Fsp3) is 0.417. The van der Waals surface area contributed by atoms with Crippen LogP contribution in [0.15, 0.2) is 42.5 Å². The first-order valence-electron chi connectivity index (χ1n) is 10.1. The Morgan fingerprint density at radius 2 is 1.61 bits per heavy atom. The lowest BCUT2D eigenvalue weighted by Gasteiger charge is -2.31. The van der Waals surface area contributed by atoms with Crippen molar-refractivity contribution in [1.82, 2.24) is 4.90 Å². The third-order valence-electron chi connectivity index (χ3n) is 5.61. The fourth-order valence-corrected chi connectivity index (χ4v) is 4.05. The van der Waals surface area contributed by atoms with Crippen LogP contribution in [-0.2, 0) is 16.0 Å². The molecule has 2 aromatic rings. The summed E-state index contributed by atoms with van der Waals surface area (Å²) in [5.74, 6) is 0.234. The molecule has 2 amide bonds. The Morgan fingerprint density at radius 1 is 1.00 bits per heavy atom. The van der Waals surface area contributed by atoms with E-state index in [1.165, 1.54) is 11.1 Å². The normalized spacial score (nSPS) is 14.8. The van der Waals surface area contributed by atoms with Crippen molar-refractivity contribution < 1.29 is 9.59 Å². The molecular formula is C24H30N2O2. The second-order valence-corrected chi connectivity index (χ2v) is 7.90. The van der Waals surface area contributed by atoms with Crippen LogP contribution in [0.5, 0.6) is 0 Å². The highest BCUT2D eigenvalue weighted by molar-refractivity contribution is 5.94. The molecule has 0 unspecified atom stereocenters. The minimum Gasteiger partial charge on any atom is -0.343 e. The average Bonchev–Trinajstić information content (AvgIpc) is 2.69. The second-order valence-electron chi connectivity index (χ2n) is 7.90. The Kier molecular flexibility index (Phi) is 6.50. The van der Waals surface area contributed by atoms with Gasteiger partial charge in [0.05, 0.1) is 0 Å². The van der Waals surface area contributed by atoms with Crippen LogP contribution in [0.3, 0.4) is 0 Å². The van der Waals surface area contributed by atoms with Crippen molar-refractivity contribution in [3.8, 4) is 0 Å². The molecule has 0 bridgehead atoms. The summed E-state index contributed by atoms with van der Waals surface area (Å²) in [5.41, 5.74) is 5.51. The maximum absolute atomic E-state index is 12.7. The van der Waals surface area contributed by atoms with Crippen LogP contribution in [0.25, 0.3) is 0 Å². The van der Waals surface area contributed by atoms with E-state index >= 15 is 0 Å². The zero-order valence-electron chi connectivity index (χ0n) is 17.1. The van der Waals surface area contributed by atoms with Crippen molar-refractivity contribution in [2.75, 3.05) is 18.4 Å². The topological polar surface area (TPSA) is 49.4 Å². The minimum absolute atomic E-state index is 0.0294. The van der Waals surface area contributed by atoms with Gasteiger partial charge in [0.1, 0.15) is 0 Å². The molecule has 148 valence electrons. The van der Waals surface area contributed by atoms with E-state index in [2.05, 4.69) is 36.5 Å². The number of rotatable bonds is 5. The Labute approximate surface area is 167 Å². The highest BCUT2D eigenvalue weighted by Crippen LogP contribution is 2.25. The highest BCUT2D eigenvalue weighted by Gasteiger charge is 2.27. The molecule has 28 heavy (non-hydrogen) atoms. The number of likely N-dealkylation sites (tertiary alicyclic amines) is 1. The number of carbonyl (C=O) groups is 2. The van der Waals surface area contributed by atoms with Gasteiger partial charge in [-0.3, -0.25) is 9.59 Å². The smallest absolute Gasteiger partial charge is 0.227 e. The van der Waals surface area contributed by atoms with Crippen LogP contribution in [-0.4, -0.2) is 29.8 Å². The maximum atomic E-state index is 12.7. The first-order chi connectivity index (χ1) is 13.4. The first kappa shape index (κ1) is 20.1. The van der Waals surface area contributed by atoms with Gasteiger partial charge in [-0.25, -0.2) is 0 Å². The summed E-state index contributed by atoms with van der Waals surface area (Å²) in [6, 6.07) is 14.3. The van der Waals surface area contributed by atoms with E-state index in [4.69, 9.17) is 0 Å². The van der Waals surface area contributed by atoms with Crippen molar-refractivity contribution in [2.24, 2.45) is 5.92 Å². The number of nitrogens with zero attached hydrogens (tertiary/aromatic N) is 1. The number of hydrogen-bond donors (Lipinski definition) is 1. The molecule has 0 atom stereocenters. The Morgan fingerprint density at radius 3 is 2.21 bits per heavy atom. The third kappa shape index (κ3) is 5.00. The van der Waals surface area contributed by atoms with Crippen molar-refractivity contribution >= 4 is 17.5 Å². The predicted molar refractivity (Wildman–Crippen MR) is 113 cm³/mol. The lowest BCUT2D eigenvalue weighted by molar-refractivity contribution is -0.134. The van der Waals surface area contributed by atoms with Gasteiger partial charge in [0.25, 0.3) is 0 Å². The van der Waals surface area contributed by atoms with Gasteiger partial charge in [-0.05, 0) is 56.7 Å². The number of anilines is 1. The van der Waals surface area contributed by atoms with Gasteiger partial charge in [0.15, 0.2) is 0 Å². The molecule has 0 spiro atoms. The Hall–Kier alpha value is -2.62. The number of aryl methyl sites for hydroxylation is 4. The lowest BCUT2D eigenvalue weighted by Crippen LogP contribution is -2.41. The van der Waals surface area contributed by atoms with Crippen LogP contribution < -0.4 is 5.32 Å². The summed E-state index contributed by atoms with van der Waals surface area (Å²) in [7, 11) is 0. The number of piperidine rings is 1. The monoisotopic (exact) mass is 378 g/mol. The molecule has 0 aliphatic carbocycles. The predicted octanol–water partition coefficient (Wildman–Crippen LogP) is 4.42. The molecular weight excluding hydrogens is 348 g/mol. The van der Waals surface area contributed by atoms with Crippen LogP contribution in [0, 0.1) is 26.7 Å². The van der Waals surface area contributed by atoms with Gasteiger partial charge >= 0.3 is 0 Å². The molecule has 1 heterocycles. The maximum Gasteiger partial charge on any atom is 0.227 e. The molecule has 4 heteroatoms. The Bertz CT molecular complexity index is 814. The van der Waals surface area contributed by atoms with E-state index < -0.39 is 0 Å². The molecule has 0 saturated carbocycles. The molecule has 1 N–H and O–H groups in total. The summed E-state index contributed by atoms with van der Waals surface area (Å²) in [6.07, 6.45) is 2.76. The largest absolute Gasteiger partial charge is 0.343 e. The van der Waals surface area contributed by atoms with E-state index in [0.717, 1.165) is 36.1 Å². The van der Waals surface area contributed by atoms with E-state index in [0.29, 0.717) is 19.5 Å². The van der Waals surface area contributed by atoms with E-state index in [-0.39, 0.29) is 17.7 Å². The van der Waals surface area contributed by atoms with Gasteiger partial charge in [0.2, 0.25) is 11.8 Å². The first-order valence-corrected chi connectivity index (χ1v) is 10.1. The van der Waals surface area contributed by atoms with Gasteiger partial charge < -0.3 is 10.2 Å². The number of benzene rings is 2. The van der Waals surface area contributed by atoms with Crippen LogP contribution in [0.1, 0.15) is 41.5 Å². The molecule has 2 aromatic carbocycles. The van der Waals surface area contributed by atoms with Crippen LogP contribution >= 0.6 is 0 Å². The molecule has 0 radical (unpaired) electrons. The third-order valence-corrected chi connectivity index (χ3v) is 5.61. The molecule has 1 aliphatic heterocycles. The summed E-state index contributed by atoms with van der Waals surface area (Å²) in [5, 5.41) is 3.12. The second kappa shape index (κ2) is 9.05. The average molecular weight is 379 g/mol. The van der Waals surface area contributed by atoms with E-state index in [1.807, 2.05) is 36.9 Å². The molecule has 3 rings (SSSR count). The minimum atomic E-state index is -0.0294. The van der Waals surface area contributed by atoms with E-state index in [1.54, 1.807) is 0 Å². The number of carbonyl (C=O) groups excluding carboxylic acids is 2. The number of amides is 2. The molecule has 0 aromatic heterocycles. The van der Waals surface area contributed by atoms with Gasteiger partial charge in [0, 0.05) is 31.1 Å². The summed E-state index contributed by atoms with van der Waals surface area (Å²) < 4.78 is 0. The van der Waals surface area contributed by atoms with Gasteiger partial charge in [-0.15, -0.1) is 0 Å². The Balaban J connectivity index is 1.49. The van der Waals surface area contributed by atoms with Crippen molar-refractivity contribution in [3.05, 3.63) is 64.7 Å². The fourth-order valence-electron chi connectivity index (χ4n) is 4.05.